The van der Waals surface area contributed by atoms with Crippen molar-refractivity contribution in [3.63, 3.8) is 0 Å². The fourth-order valence-corrected chi connectivity index (χ4v) is 3.09. The average molecular weight is 407 g/mol. The fraction of sp³-hybridized carbons (Fsp3) is 0.130. The number of para-hydroxylation sites is 1. The van der Waals surface area contributed by atoms with E-state index in [0.29, 0.717) is 39.9 Å². The van der Waals surface area contributed by atoms with Crippen LogP contribution in [-0.2, 0) is 11.2 Å². The van der Waals surface area contributed by atoms with E-state index < -0.39 is 0 Å². The zero-order valence-corrected chi connectivity index (χ0v) is 16.6. The van der Waals surface area contributed by atoms with E-state index in [1.54, 1.807) is 18.2 Å². The number of oxazole rings is 1. The van der Waals surface area contributed by atoms with Gasteiger partial charge in [0.2, 0.25) is 0 Å². The SMILES string of the molecule is Cc1ccccc1OCC(=O)Nc1ccc2oc(Cc3ccc(Cl)cc3)nc2c1. The van der Waals surface area contributed by atoms with Crippen LogP contribution in [-0.4, -0.2) is 17.5 Å². The molecule has 1 aromatic heterocycles. The number of carbonyl (C=O) groups is 1. The van der Waals surface area contributed by atoms with Crippen molar-refractivity contribution in [3.8, 4) is 5.75 Å². The fourth-order valence-electron chi connectivity index (χ4n) is 2.96. The summed E-state index contributed by atoms with van der Waals surface area (Å²) in [5.74, 6) is 1.06. The van der Waals surface area contributed by atoms with Gasteiger partial charge in [0.15, 0.2) is 18.1 Å². The summed E-state index contributed by atoms with van der Waals surface area (Å²) in [6.07, 6.45) is 0.567. The quantitative estimate of drug-likeness (QED) is 0.465. The van der Waals surface area contributed by atoms with Gasteiger partial charge in [0, 0.05) is 17.1 Å². The van der Waals surface area contributed by atoms with Gasteiger partial charge >= 0.3 is 0 Å². The van der Waals surface area contributed by atoms with Gasteiger partial charge in [0.25, 0.3) is 5.91 Å². The molecule has 0 aliphatic rings. The van der Waals surface area contributed by atoms with E-state index in [4.69, 9.17) is 20.8 Å². The van der Waals surface area contributed by atoms with Crippen molar-refractivity contribution < 1.29 is 13.9 Å². The third-order valence-corrected chi connectivity index (χ3v) is 4.69. The van der Waals surface area contributed by atoms with Crippen molar-refractivity contribution in [1.82, 2.24) is 4.98 Å². The lowest BCUT2D eigenvalue weighted by atomic mass is 10.1. The molecular weight excluding hydrogens is 388 g/mol. The first-order chi connectivity index (χ1) is 14.1. The number of aryl methyl sites for hydroxylation is 1. The number of amides is 1. The van der Waals surface area contributed by atoms with Crippen LogP contribution in [0.15, 0.2) is 71.1 Å². The van der Waals surface area contributed by atoms with Gasteiger partial charge in [-0.1, -0.05) is 41.9 Å². The maximum Gasteiger partial charge on any atom is 0.262 e. The zero-order chi connectivity index (χ0) is 20.2. The minimum absolute atomic E-state index is 0.0659. The predicted octanol–water partition coefficient (Wildman–Crippen LogP) is 5.40. The molecular formula is C23H19ClN2O3. The highest BCUT2D eigenvalue weighted by atomic mass is 35.5. The largest absolute Gasteiger partial charge is 0.483 e. The summed E-state index contributed by atoms with van der Waals surface area (Å²) in [5.41, 5.74) is 4.04. The number of halogens is 1. The van der Waals surface area contributed by atoms with Gasteiger partial charge in [-0.2, -0.15) is 0 Å². The second-order valence-electron chi connectivity index (χ2n) is 6.70. The van der Waals surface area contributed by atoms with Crippen molar-refractivity contribution in [1.29, 1.82) is 0 Å². The van der Waals surface area contributed by atoms with Crippen molar-refractivity contribution in [2.45, 2.75) is 13.3 Å². The number of nitrogens with one attached hydrogen (secondary N) is 1. The molecule has 5 nitrogen and oxygen atoms in total. The van der Waals surface area contributed by atoms with Crippen LogP contribution in [0.1, 0.15) is 17.0 Å². The molecule has 6 heteroatoms. The molecule has 0 radical (unpaired) electrons. The summed E-state index contributed by atoms with van der Waals surface area (Å²) in [4.78, 5) is 16.7. The van der Waals surface area contributed by atoms with E-state index in [1.807, 2.05) is 55.5 Å². The molecule has 1 amide bonds. The lowest BCUT2D eigenvalue weighted by Crippen LogP contribution is -2.20. The molecule has 0 bridgehead atoms. The Labute approximate surface area is 173 Å². The number of rotatable bonds is 6. The first kappa shape index (κ1) is 19.0. The van der Waals surface area contributed by atoms with Crippen molar-refractivity contribution in [2.24, 2.45) is 0 Å². The summed E-state index contributed by atoms with van der Waals surface area (Å²) in [5, 5.41) is 3.52. The molecule has 0 fully saturated rings. The van der Waals surface area contributed by atoms with Gasteiger partial charge in [-0.15, -0.1) is 0 Å². The summed E-state index contributed by atoms with van der Waals surface area (Å²) in [6.45, 7) is 1.87. The highest BCUT2D eigenvalue weighted by molar-refractivity contribution is 6.30. The second kappa shape index (κ2) is 8.37. The van der Waals surface area contributed by atoms with Gasteiger partial charge in [-0.25, -0.2) is 4.98 Å². The first-order valence-electron chi connectivity index (χ1n) is 9.19. The molecule has 4 rings (SSSR count). The topological polar surface area (TPSA) is 64.4 Å². The Bertz CT molecular complexity index is 1150. The smallest absolute Gasteiger partial charge is 0.262 e. The Kier molecular flexibility index (Phi) is 5.49. The molecule has 3 aromatic carbocycles. The molecule has 0 saturated heterocycles. The van der Waals surface area contributed by atoms with Gasteiger partial charge in [0.1, 0.15) is 11.3 Å². The number of benzene rings is 3. The number of fused-ring (bicyclic) bond motifs is 1. The molecule has 1 N–H and O–H groups in total. The number of anilines is 1. The Morgan fingerprint density at radius 2 is 1.90 bits per heavy atom. The monoisotopic (exact) mass is 406 g/mol. The minimum atomic E-state index is -0.238. The Morgan fingerprint density at radius 1 is 1.10 bits per heavy atom. The molecule has 1 heterocycles. The number of aromatic nitrogens is 1. The van der Waals surface area contributed by atoms with E-state index in [1.165, 1.54) is 0 Å². The van der Waals surface area contributed by atoms with Gasteiger partial charge in [-0.05, 0) is 54.4 Å². The summed E-state index contributed by atoms with van der Waals surface area (Å²) >= 11 is 5.92. The normalized spacial score (nSPS) is 10.8. The summed E-state index contributed by atoms with van der Waals surface area (Å²) < 4.78 is 11.4. The number of hydrogen-bond acceptors (Lipinski definition) is 4. The zero-order valence-electron chi connectivity index (χ0n) is 15.8. The van der Waals surface area contributed by atoms with Crippen molar-refractivity contribution in [2.75, 3.05) is 11.9 Å². The van der Waals surface area contributed by atoms with Gasteiger partial charge < -0.3 is 14.5 Å². The Hall–Kier alpha value is -3.31. The molecule has 0 spiro atoms. The summed E-state index contributed by atoms with van der Waals surface area (Å²) in [6, 6.07) is 20.5. The molecule has 146 valence electrons. The molecule has 0 atom stereocenters. The lowest BCUT2D eigenvalue weighted by Gasteiger charge is -2.09. The third kappa shape index (κ3) is 4.76. The lowest BCUT2D eigenvalue weighted by molar-refractivity contribution is -0.118. The van der Waals surface area contributed by atoms with E-state index >= 15 is 0 Å². The molecule has 29 heavy (non-hydrogen) atoms. The third-order valence-electron chi connectivity index (χ3n) is 4.44. The van der Waals surface area contributed by atoms with E-state index in [2.05, 4.69) is 10.3 Å². The highest BCUT2D eigenvalue weighted by Crippen LogP contribution is 2.22. The Morgan fingerprint density at radius 3 is 2.69 bits per heavy atom. The molecule has 0 aliphatic heterocycles. The molecule has 4 aromatic rings. The van der Waals surface area contributed by atoms with Crippen LogP contribution in [0, 0.1) is 6.92 Å². The first-order valence-corrected chi connectivity index (χ1v) is 9.57. The highest BCUT2D eigenvalue weighted by Gasteiger charge is 2.10. The van der Waals surface area contributed by atoms with Crippen LogP contribution < -0.4 is 10.1 Å². The number of hydrogen-bond donors (Lipinski definition) is 1. The maximum atomic E-state index is 12.2. The van der Waals surface area contributed by atoms with E-state index in [9.17, 15) is 4.79 Å². The van der Waals surface area contributed by atoms with Gasteiger partial charge in [-0.3, -0.25) is 4.79 Å². The number of ether oxygens (including phenoxy) is 1. The standard InChI is InChI=1S/C23H19ClN2O3/c1-15-4-2-3-5-20(15)28-14-22(27)25-18-10-11-21-19(13-18)26-23(29-21)12-16-6-8-17(24)9-7-16/h2-11,13H,12,14H2,1H3,(H,25,27). The predicted molar refractivity (Wildman–Crippen MR) is 114 cm³/mol. The van der Waals surface area contributed by atoms with Crippen LogP contribution in [0.5, 0.6) is 5.75 Å². The van der Waals surface area contributed by atoms with E-state index in [-0.39, 0.29) is 12.5 Å². The van der Waals surface area contributed by atoms with Crippen LogP contribution >= 0.6 is 11.6 Å². The maximum absolute atomic E-state index is 12.2. The molecule has 0 unspecified atom stereocenters. The second-order valence-corrected chi connectivity index (χ2v) is 7.13. The minimum Gasteiger partial charge on any atom is -0.483 e. The van der Waals surface area contributed by atoms with E-state index in [0.717, 1.165) is 11.1 Å². The van der Waals surface area contributed by atoms with Crippen LogP contribution in [0.2, 0.25) is 5.02 Å². The molecule has 0 aliphatic carbocycles. The number of carbonyl (C=O) groups excluding carboxylic acids is 1. The van der Waals surface area contributed by atoms with Crippen LogP contribution in [0.3, 0.4) is 0 Å². The number of nitrogens with zero attached hydrogens (tertiary/aromatic N) is 1. The average Bonchev–Trinajstić information content (AvgIpc) is 3.10. The van der Waals surface area contributed by atoms with Crippen molar-refractivity contribution >= 4 is 34.3 Å². The van der Waals surface area contributed by atoms with Crippen LogP contribution in [0.25, 0.3) is 11.1 Å². The van der Waals surface area contributed by atoms with Gasteiger partial charge in [0.05, 0.1) is 0 Å². The summed E-state index contributed by atoms with van der Waals surface area (Å²) in [7, 11) is 0. The van der Waals surface area contributed by atoms with Crippen LogP contribution in [0.4, 0.5) is 5.69 Å². The Balaban J connectivity index is 1.41. The molecule has 0 saturated carbocycles. The van der Waals surface area contributed by atoms with Crippen molar-refractivity contribution in [3.05, 3.63) is 88.8 Å².